The van der Waals surface area contributed by atoms with E-state index in [1.807, 2.05) is 6.07 Å². The first-order chi connectivity index (χ1) is 7.90. The van der Waals surface area contributed by atoms with Crippen LogP contribution in [0.1, 0.15) is 12.0 Å². The molecule has 88 valence electrons. The maximum absolute atomic E-state index is 5.40. The summed E-state index contributed by atoms with van der Waals surface area (Å²) in [5.41, 5.74) is 1.31. The Bertz CT molecular complexity index is 302. The van der Waals surface area contributed by atoms with Crippen LogP contribution in [0, 0.1) is 0 Å². The molecule has 0 bridgehead atoms. The predicted octanol–water partition coefficient (Wildman–Crippen LogP) is 1.58. The van der Waals surface area contributed by atoms with Crippen LogP contribution in [-0.2, 0) is 16.0 Å². The minimum absolute atomic E-state index is 0.178. The molecule has 0 saturated carbocycles. The summed E-state index contributed by atoms with van der Waals surface area (Å²) in [5.74, 6) is 0. The molecule has 0 aromatic heterocycles. The average molecular weight is 221 g/mol. The van der Waals surface area contributed by atoms with Gasteiger partial charge in [0, 0.05) is 26.3 Å². The molecule has 0 amide bonds. The van der Waals surface area contributed by atoms with Gasteiger partial charge in [-0.05, 0) is 12.0 Å². The quantitative estimate of drug-likeness (QED) is 0.837. The van der Waals surface area contributed by atoms with Crippen LogP contribution in [0.3, 0.4) is 0 Å². The SMILES string of the molecule is CO[C@@H]1COCC[C@@H]1NCc1ccccc1. The van der Waals surface area contributed by atoms with E-state index < -0.39 is 0 Å². The van der Waals surface area contributed by atoms with E-state index in [2.05, 4.69) is 29.6 Å². The van der Waals surface area contributed by atoms with Gasteiger partial charge in [-0.3, -0.25) is 0 Å². The third-order valence-electron chi connectivity index (χ3n) is 3.02. The van der Waals surface area contributed by atoms with E-state index in [0.717, 1.165) is 19.6 Å². The minimum Gasteiger partial charge on any atom is -0.379 e. The molecule has 1 saturated heterocycles. The van der Waals surface area contributed by atoms with Crippen molar-refractivity contribution >= 4 is 0 Å². The summed E-state index contributed by atoms with van der Waals surface area (Å²) in [6, 6.07) is 10.8. The van der Waals surface area contributed by atoms with Crippen molar-refractivity contribution in [2.24, 2.45) is 0 Å². The molecular formula is C13H19NO2. The van der Waals surface area contributed by atoms with Gasteiger partial charge in [-0.25, -0.2) is 0 Å². The van der Waals surface area contributed by atoms with Gasteiger partial charge >= 0.3 is 0 Å². The molecule has 2 atom stereocenters. The topological polar surface area (TPSA) is 30.5 Å². The number of nitrogens with one attached hydrogen (secondary N) is 1. The highest BCUT2D eigenvalue weighted by atomic mass is 16.5. The fourth-order valence-electron chi connectivity index (χ4n) is 2.02. The summed E-state index contributed by atoms with van der Waals surface area (Å²) in [5, 5.41) is 3.53. The molecule has 0 aliphatic carbocycles. The number of benzene rings is 1. The minimum atomic E-state index is 0.178. The normalized spacial score (nSPS) is 25.6. The van der Waals surface area contributed by atoms with Crippen LogP contribution < -0.4 is 5.32 Å². The van der Waals surface area contributed by atoms with Crippen LogP contribution in [-0.4, -0.2) is 32.5 Å². The molecule has 1 aromatic carbocycles. The lowest BCUT2D eigenvalue weighted by Gasteiger charge is -2.31. The second kappa shape index (κ2) is 5.99. The van der Waals surface area contributed by atoms with E-state index in [1.54, 1.807) is 7.11 Å². The molecule has 3 heteroatoms. The molecule has 1 aliphatic heterocycles. The van der Waals surface area contributed by atoms with Crippen LogP contribution in [0.15, 0.2) is 30.3 Å². The smallest absolute Gasteiger partial charge is 0.0958 e. The molecule has 1 fully saturated rings. The Labute approximate surface area is 96.8 Å². The largest absolute Gasteiger partial charge is 0.379 e. The summed E-state index contributed by atoms with van der Waals surface area (Å²) in [6.45, 7) is 2.42. The van der Waals surface area contributed by atoms with E-state index in [0.29, 0.717) is 12.6 Å². The van der Waals surface area contributed by atoms with Crippen molar-refractivity contribution in [3.05, 3.63) is 35.9 Å². The molecule has 0 spiro atoms. The predicted molar refractivity (Wildman–Crippen MR) is 63.3 cm³/mol. The molecule has 1 N–H and O–H groups in total. The van der Waals surface area contributed by atoms with Crippen LogP contribution in [0.5, 0.6) is 0 Å². The van der Waals surface area contributed by atoms with Gasteiger partial charge < -0.3 is 14.8 Å². The van der Waals surface area contributed by atoms with E-state index >= 15 is 0 Å². The fourth-order valence-corrected chi connectivity index (χ4v) is 2.02. The number of methoxy groups -OCH3 is 1. The third kappa shape index (κ3) is 3.04. The van der Waals surface area contributed by atoms with Crippen molar-refractivity contribution in [1.82, 2.24) is 5.32 Å². The summed E-state index contributed by atoms with van der Waals surface area (Å²) in [7, 11) is 1.75. The Hall–Kier alpha value is -0.900. The summed E-state index contributed by atoms with van der Waals surface area (Å²) < 4.78 is 10.8. The van der Waals surface area contributed by atoms with Gasteiger partial charge in [0.05, 0.1) is 12.7 Å². The molecule has 0 radical (unpaired) electrons. The van der Waals surface area contributed by atoms with Crippen molar-refractivity contribution in [3.63, 3.8) is 0 Å². The van der Waals surface area contributed by atoms with E-state index in [-0.39, 0.29) is 6.10 Å². The summed E-state index contributed by atoms with van der Waals surface area (Å²) in [4.78, 5) is 0. The van der Waals surface area contributed by atoms with Crippen LogP contribution in [0.2, 0.25) is 0 Å². The second-order valence-electron chi connectivity index (χ2n) is 4.11. The Kier molecular flexibility index (Phi) is 4.34. The van der Waals surface area contributed by atoms with E-state index in [1.165, 1.54) is 5.56 Å². The van der Waals surface area contributed by atoms with Crippen molar-refractivity contribution < 1.29 is 9.47 Å². The zero-order valence-corrected chi connectivity index (χ0v) is 9.69. The highest BCUT2D eigenvalue weighted by Crippen LogP contribution is 2.11. The number of hydrogen-bond acceptors (Lipinski definition) is 3. The van der Waals surface area contributed by atoms with Crippen LogP contribution in [0.4, 0.5) is 0 Å². The van der Waals surface area contributed by atoms with Gasteiger partial charge in [0.1, 0.15) is 0 Å². The van der Waals surface area contributed by atoms with E-state index in [9.17, 15) is 0 Å². The lowest BCUT2D eigenvalue weighted by atomic mass is 10.1. The monoisotopic (exact) mass is 221 g/mol. The van der Waals surface area contributed by atoms with Crippen molar-refractivity contribution in [1.29, 1.82) is 0 Å². The zero-order chi connectivity index (χ0) is 11.2. The Morgan fingerprint density at radius 3 is 2.94 bits per heavy atom. The van der Waals surface area contributed by atoms with E-state index in [4.69, 9.17) is 9.47 Å². The first-order valence-electron chi connectivity index (χ1n) is 5.78. The van der Waals surface area contributed by atoms with Gasteiger partial charge in [0.15, 0.2) is 0 Å². The maximum Gasteiger partial charge on any atom is 0.0958 e. The van der Waals surface area contributed by atoms with Gasteiger partial charge in [0.25, 0.3) is 0 Å². The lowest BCUT2D eigenvalue weighted by Crippen LogP contribution is -2.47. The Morgan fingerprint density at radius 2 is 2.19 bits per heavy atom. The molecule has 3 nitrogen and oxygen atoms in total. The molecule has 1 aromatic rings. The van der Waals surface area contributed by atoms with Gasteiger partial charge in [-0.1, -0.05) is 30.3 Å². The van der Waals surface area contributed by atoms with Gasteiger partial charge in [-0.15, -0.1) is 0 Å². The molecule has 2 rings (SSSR count). The van der Waals surface area contributed by atoms with Gasteiger partial charge in [0.2, 0.25) is 0 Å². The van der Waals surface area contributed by atoms with Crippen molar-refractivity contribution in [3.8, 4) is 0 Å². The van der Waals surface area contributed by atoms with Crippen molar-refractivity contribution in [2.75, 3.05) is 20.3 Å². The summed E-state index contributed by atoms with van der Waals surface area (Å²) in [6.07, 6.45) is 1.20. The Morgan fingerprint density at radius 1 is 1.38 bits per heavy atom. The molecule has 0 unspecified atom stereocenters. The fraction of sp³-hybridized carbons (Fsp3) is 0.538. The third-order valence-corrected chi connectivity index (χ3v) is 3.02. The highest BCUT2D eigenvalue weighted by molar-refractivity contribution is 5.14. The maximum atomic E-state index is 5.40. The highest BCUT2D eigenvalue weighted by Gasteiger charge is 2.24. The first-order valence-corrected chi connectivity index (χ1v) is 5.78. The van der Waals surface area contributed by atoms with Gasteiger partial charge in [-0.2, -0.15) is 0 Å². The molecule has 1 aliphatic rings. The lowest BCUT2D eigenvalue weighted by molar-refractivity contribution is -0.0501. The zero-order valence-electron chi connectivity index (χ0n) is 9.69. The average Bonchev–Trinajstić information content (AvgIpc) is 2.38. The standard InChI is InChI=1S/C13H19NO2/c1-15-13-10-16-8-7-12(13)14-9-11-5-3-2-4-6-11/h2-6,12-14H,7-10H2,1H3/t12-,13+/m0/s1. The van der Waals surface area contributed by atoms with Crippen LogP contribution in [0.25, 0.3) is 0 Å². The number of ether oxygens (including phenoxy) is 2. The van der Waals surface area contributed by atoms with Crippen molar-refractivity contribution in [2.45, 2.75) is 25.1 Å². The van der Waals surface area contributed by atoms with Crippen LogP contribution >= 0.6 is 0 Å². The Balaban J connectivity index is 1.84. The molecular weight excluding hydrogens is 202 g/mol. The first kappa shape index (κ1) is 11.6. The second-order valence-corrected chi connectivity index (χ2v) is 4.11. The number of rotatable bonds is 4. The number of hydrogen-bond donors (Lipinski definition) is 1. The summed E-state index contributed by atoms with van der Waals surface area (Å²) >= 11 is 0. The molecule has 1 heterocycles. The molecule has 16 heavy (non-hydrogen) atoms.